The summed E-state index contributed by atoms with van der Waals surface area (Å²) >= 11 is 0. The van der Waals surface area contributed by atoms with Gasteiger partial charge >= 0.3 is 5.97 Å². The van der Waals surface area contributed by atoms with Gasteiger partial charge in [-0.05, 0) is 5.92 Å². The van der Waals surface area contributed by atoms with Crippen molar-refractivity contribution in [1.82, 2.24) is 5.32 Å². The van der Waals surface area contributed by atoms with Crippen LogP contribution in [0.1, 0.15) is 27.2 Å². The van der Waals surface area contributed by atoms with Crippen molar-refractivity contribution in [3.05, 3.63) is 0 Å². The van der Waals surface area contributed by atoms with Crippen LogP contribution in [0.15, 0.2) is 0 Å². The molecule has 13 heavy (non-hydrogen) atoms. The lowest BCUT2D eigenvalue weighted by molar-refractivity contribution is -0.146. The normalized spacial score (nSPS) is 14.5. The predicted molar refractivity (Wildman–Crippen MR) is 49.1 cm³/mol. The Morgan fingerprint density at radius 2 is 2.00 bits per heavy atom. The summed E-state index contributed by atoms with van der Waals surface area (Å²) in [4.78, 5) is 22.0. The van der Waals surface area contributed by atoms with E-state index in [2.05, 4.69) is 10.1 Å². The molecule has 4 heteroatoms. The molecule has 0 aromatic heterocycles. The van der Waals surface area contributed by atoms with E-state index in [1.54, 1.807) is 0 Å². The Bertz CT molecular complexity index is 191. The number of esters is 1. The maximum Gasteiger partial charge on any atom is 0.328 e. The number of carbonyl (C=O) groups excluding carboxylic acids is 2. The van der Waals surface area contributed by atoms with Crippen molar-refractivity contribution >= 4 is 11.9 Å². The smallest absolute Gasteiger partial charge is 0.328 e. The van der Waals surface area contributed by atoms with Gasteiger partial charge in [-0.3, -0.25) is 4.79 Å². The number of nitrogens with one attached hydrogen (secondary N) is 1. The van der Waals surface area contributed by atoms with E-state index in [-0.39, 0.29) is 17.8 Å². The van der Waals surface area contributed by atoms with Crippen LogP contribution in [0.25, 0.3) is 0 Å². The fourth-order valence-electron chi connectivity index (χ4n) is 1.02. The third-order valence-corrected chi connectivity index (χ3v) is 2.03. The first-order valence-corrected chi connectivity index (χ1v) is 4.37. The molecule has 0 radical (unpaired) electrons. The Morgan fingerprint density at radius 3 is 2.31 bits per heavy atom. The molecule has 2 atom stereocenters. The van der Waals surface area contributed by atoms with E-state index in [0.29, 0.717) is 0 Å². The molecule has 0 saturated heterocycles. The van der Waals surface area contributed by atoms with Gasteiger partial charge in [-0.15, -0.1) is 0 Å². The molecule has 76 valence electrons. The molecular formula is C9H17NO3. The van der Waals surface area contributed by atoms with E-state index in [1.807, 2.05) is 13.8 Å². The lowest BCUT2D eigenvalue weighted by atomic mass is 9.99. The van der Waals surface area contributed by atoms with Crippen LogP contribution in [-0.2, 0) is 14.3 Å². The fraction of sp³-hybridized carbons (Fsp3) is 0.778. The number of carbonyl (C=O) groups is 2. The zero-order valence-corrected chi connectivity index (χ0v) is 8.59. The molecule has 0 aliphatic rings. The fourth-order valence-corrected chi connectivity index (χ4v) is 1.02. The summed E-state index contributed by atoms with van der Waals surface area (Å²) in [6.07, 6.45) is 0.819. The van der Waals surface area contributed by atoms with Crippen LogP contribution in [0.3, 0.4) is 0 Å². The number of rotatable bonds is 4. The van der Waals surface area contributed by atoms with E-state index >= 15 is 0 Å². The number of hydrogen-bond acceptors (Lipinski definition) is 3. The largest absolute Gasteiger partial charge is 0.467 e. The van der Waals surface area contributed by atoms with E-state index in [4.69, 9.17) is 0 Å². The molecule has 0 bridgehead atoms. The van der Waals surface area contributed by atoms with Crippen LogP contribution in [0.2, 0.25) is 0 Å². The van der Waals surface area contributed by atoms with Gasteiger partial charge in [0, 0.05) is 6.92 Å². The zero-order chi connectivity index (χ0) is 10.4. The maximum absolute atomic E-state index is 11.2. The summed E-state index contributed by atoms with van der Waals surface area (Å²) in [7, 11) is 1.32. The molecule has 0 aliphatic heterocycles. The molecule has 1 N–H and O–H groups in total. The third-order valence-electron chi connectivity index (χ3n) is 2.03. The highest BCUT2D eigenvalue weighted by atomic mass is 16.5. The number of amides is 1. The molecule has 0 aromatic carbocycles. The minimum atomic E-state index is -0.521. The van der Waals surface area contributed by atoms with Gasteiger partial charge in [0.1, 0.15) is 6.04 Å². The zero-order valence-electron chi connectivity index (χ0n) is 8.59. The minimum Gasteiger partial charge on any atom is -0.467 e. The Balaban J connectivity index is 4.35. The van der Waals surface area contributed by atoms with E-state index in [9.17, 15) is 9.59 Å². The molecule has 1 amide bonds. The monoisotopic (exact) mass is 187 g/mol. The van der Waals surface area contributed by atoms with Gasteiger partial charge in [0.25, 0.3) is 0 Å². The molecular weight excluding hydrogens is 170 g/mol. The van der Waals surface area contributed by atoms with Gasteiger partial charge in [-0.2, -0.15) is 0 Å². The van der Waals surface area contributed by atoms with Crippen molar-refractivity contribution in [2.24, 2.45) is 5.92 Å². The predicted octanol–water partition coefficient (Wildman–Crippen LogP) is 0.710. The van der Waals surface area contributed by atoms with Gasteiger partial charge in [-0.1, -0.05) is 20.3 Å². The lowest BCUT2D eigenvalue weighted by Crippen LogP contribution is -2.44. The van der Waals surface area contributed by atoms with Crippen LogP contribution in [-0.4, -0.2) is 25.0 Å². The van der Waals surface area contributed by atoms with E-state index < -0.39 is 6.04 Å². The quantitative estimate of drug-likeness (QED) is 0.659. The van der Waals surface area contributed by atoms with Crippen molar-refractivity contribution in [3.8, 4) is 0 Å². The summed E-state index contributed by atoms with van der Waals surface area (Å²) in [6, 6.07) is -0.521. The summed E-state index contributed by atoms with van der Waals surface area (Å²) in [5, 5.41) is 2.57. The molecule has 0 rings (SSSR count). The Kier molecular flexibility index (Phi) is 5.11. The molecule has 0 unspecified atom stereocenters. The second-order valence-electron chi connectivity index (χ2n) is 3.09. The molecule has 0 saturated carbocycles. The lowest BCUT2D eigenvalue weighted by Gasteiger charge is -2.20. The average molecular weight is 187 g/mol. The molecule has 4 nitrogen and oxygen atoms in total. The molecule has 0 fully saturated rings. The summed E-state index contributed by atoms with van der Waals surface area (Å²) in [6.45, 7) is 5.25. The highest BCUT2D eigenvalue weighted by Crippen LogP contribution is 2.08. The van der Waals surface area contributed by atoms with Crippen molar-refractivity contribution < 1.29 is 14.3 Å². The SMILES string of the molecule is CC[C@@H](C)[C@@H](NC(C)=O)C(=O)OC. The van der Waals surface area contributed by atoms with Gasteiger partial charge in [0.2, 0.25) is 5.91 Å². The standard InChI is InChI=1S/C9H17NO3/c1-5-6(2)8(9(12)13-4)10-7(3)11/h6,8H,5H2,1-4H3,(H,10,11)/t6-,8-/m1/s1. The molecule has 0 aliphatic carbocycles. The number of methoxy groups -OCH3 is 1. The van der Waals surface area contributed by atoms with Gasteiger partial charge in [0.15, 0.2) is 0 Å². The average Bonchev–Trinajstić information content (AvgIpc) is 2.11. The minimum absolute atomic E-state index is 0.0938. The van der Waals surface area contributed by atoms with E-state index in [1.165, 1.54) is 14.0 Å². The number of hydrogen-bond donors (Lipinski definition) is 1. The van der Waals surface area contributed by atoms with Gasteiger partial charge in [0.05, 0.1) is 7.11 Å². The van der Waals surface area contributed by atoms with Crippen LogP contribution in [0, 0.1) is 5.92 Å². The van der Waals surface area contributed by atoms with Gasteiger partial charge in [-0.25, -0.2) is 4.79 Å². The third kappa shape index (κ3) is 3.92. The van der Waals surface area contributed by atoms with Crippen molar-refractivity contribution in [2.45, 2.75) is 33.2 Å². The second-order valence-corrected chi connectivity index (χ2v) is 3.09. The summed E-state index contributed by atoms with van der Waals surface area (Å²) in [5.74, 6) is -0.503. The molecule has 0 aromatic rings. The Labute approximate surface area is 78.6 Å². The summed E-state index contributed by atoms with van der Waals surface area (Å²) < 4.78 is 4.58. The van der Waals surface area contributed by atoms with Crippen molar-refractivity contribution in [1.29, 1.82) is 0 Å². The van der Waals surface area contributed by atoms with Gasteiger partial charge < -0.3 is 10.1 Å². The number of ether oxygens (including phenoxy) is 1. The highest BCUT2D eigenvalue weighted by Gasteiger charge is 2.25. The second kappa shape index (κ2) is 5.56. The topological polar surface area (TPSA) is 55.4 Å². The first-order chi connectivity index (χ1) is 6.02. The first-order valence-electron chi connectivity index (χ1n) is 4.37. The van der Waals surface area contributed by atoms with Crippen LogP contribution in [0.5, 0.6) is 0 Å². The molecule has 0 spiro atoms. The molecule has 0 heterocycles. The highest BCUT2D eigenvalue weighted by molar-refractivity contribution is 5.83. The first kappa shape index (κ1) is 11.9. The Hall–Kier alpha value is -1.06. The van der Waals surface area contributed by atoms with E-state index in [0.717, 1.165) is 6.42 Å². The van der Waals surface area contributed by atoms with Crippen LogP contribution >= 0.6 is 0 Å². The summed E-state index contributed by atoms with van der Waals surface area (Å²) in [5.41, 5.74) is 0. The maximum atomic E-state index is 11.2. The van der Waals surface area contributed by atoms with Crippen molar-refractivity contribution in [2.75, 3.05) is 7.11 Å². The van der Waals surface area contributed by atoms with Crippen molar-refractivity contribution in [3.63, 3.8) is 0 Å². The van der Waals surface area contributed by atoms with Crippen LogP contribution in [0.4, 0.5) is 0 Å². The Morgan fingerprint density at radius 1 is 1.46 bits per heavy atom. The van der Waals surface area contributed by atoms with Crippen LogP contribution < -0.4 is 5.32 Å².